The molecule has 0 heterocycles. The molecule has 1 nitrogen and oxygen atoms in total. The lowest BCUT2D eigenvalue weighted by Gasteiger charge is -2.34. The van der Waals surface area contributed by atoms with E-state index in [9.17, 15) is 5.11 Å². The fourth-order valence-electron chi connectivity index (χ4n) is 4.07. The SMILES string of the molecule is OC(c1ccccc1)C1CCC(c2ccccc2)c2ccccc21. The maximum absolute atomic E-state index is 10.9. The lowest BCUT2D eigenvalue weighted by Crippen LogP contribution is -2.20. The number of rotatable bonds is 3. The van der Waals surface area contributed by atoms with Gasteiger partial charge in [-0.3, -0.25) is 0 Å². The molecule has 0 aromatic heterocycles. The Bertz CT molecular complexity index is 795. The summed E-state index contributed by atoms with van der Waals surface area (Å²) in [5.41, 5.74) is 5.05. The van der Waals surface area contributed by atoms with Crippen molar-refractivity contribution in [2.45, 2.75) is 30.8 Å². The summed E-state index contributed by atoms with van der Waals surface area (Å²) in [4.78, 5) is 0. The van der Waals surface area contributed by atoms with Crippen LogP contribution in [0.2, 0.25) is 0 Å². The van der Waals surface area contributed by atoms with Crippen LogP contribution in [0.3, 0.4) is 0 Å². The Balaban J connectivity index is 1.72. The van der Waals surface area contributed by atoms with Gasteiger partial charge < -0.3 is 5.11 Å². The minimum absolute atomic E-state index is 0.170. The van der Waals surface area contributed by atoms with Crippen molar-refractivity contribution >= 4 is 0 Å². The van der Waals surface area contributed by atoms with E-state index >= 15 is 0 Å². The minimum Gasteiger partial charge on any atom is -0.388 e. The normalized spacial score (nSPS) is 21.0. The first-order valence-corrected chi connectivity index (χ1v) is 8.71. The Morgan fingerprint density at radius 1 is 0.667 bits per heavy atom. The van der Waals surface area contributed by atoms with Gasteiger partial charge in [0.05, 0.1) is 6.10 Å². The Labute approximate surface area is 143 Å². The lowest BCUT2D eigenvalue weighted by atomic mass is 9.71. The zero-order chi connectivity index (χ0) is 16.4. The maximum atomic E-state index is 10.9. The summed E-state index contributed by atoms with van der Waals surface area (Å²) in [5.74, 6) is 0.602. The van der Waals surface area contributed by atoms with E-state index in [1.807, 2.05) is 30.3 Å². The monoisotopic (exact) mass is 314 g/mol. The van der Waals surface area contributed by atoms with Crippen LogP contribution in [-0.4, -0.2) is 5.11 Å². The Morgan fingerprint density at radius 2 is 1.25 bits per heavy atom. The maximum Gasteiger partial charge on any atom is 0.0858 e. The first-order valence-electron chi connectivity index (χ1n) is 8.71. The van der Waals surface area contributed by atoms with Crippen molar-refractivity contribution in [1.29, 1.82) is 0 Å². The molecular formula is C23H22O. The van der Waals surface area contributed by atoms with Crippen LogP contribution in [0.4, 0.5) is 0 Å². The molecule has 0 bridgehead atoms. The highest BCUT2D eigenvalue weighted by Gasteiger charge is 2.32. The molecule has 24 heavy (non-hydrogen) atoms. The number of benzene rings is 3. The molecule has 0 spiro atoms. The number of fused-ring (bicyclic) bond motifs is 1. The van der Waals surface area contributed by atoms with Gasteiger partial charge in [0.1, 0.15) is 0 Å². The standard InChI is InChI=1S/C23H22O/c24-23(18-11-5-2-6-12-18)22-16-15-19(17-9-3-1-4-10-17)20-13-7-8-14-21(20)22/h1-14,19,22-24H,15-16H2. The summed E-state index contributed by atoms with van der Waals surface area (Å²) in [6.45, 7) is 0. The van der Waals surface area contributed by atoms with Gasteiger partial charge in [0, 0.05) is 11.8 Å². The van der Waals surface area contributed by atoms with Crippen LogP contribution in [0, 0.1) is 0 Å². The third kappa shape index (κ3) is 2.76. The van der Waals surface area contributed by atoms with Crippen LogP contribution >= 0.6 is 0 Å². The third-order valence-corrected chi connectivity index (χ3v) is 5.26. The van der Waals surface area contributed by atoms with Crippen molar-refractivity contribution < 1.29 is 5.11 Å². The molecule has 3 aromatic rings. The Hall–Kier alpha value is -2.38. The van der Waals surface area contributed by atoms with Gasteiger partial charge in [-0.05, 0) is 35.1 Å². The molecule has 1 heteroatoms. The average molecular weight is 314 g/mol. The molecule has 0 amide bonds. The van der Waals surface area contributed by atoms with Gasteiger partial charge in [-0.15, -0.1) is 0 Å². The smallest absolute Gasteiger partial charge is 0.0858 e. The van der Waals surface area contributed by atoms with E-state index < -0.39 is 6.10 Å². The molecule has 0 radical (unpaired) electrons. The van der Waals surface area contributed by atoms with Crippen LogP contribution in [0.25, 0.3) is 0 Å². The Kier molecular flexibility index (Phi) is 4.18. The average Bonchev–Trinajstić information content (AvgIpc) is 2.68. The van der Waals surface area contributed by atoms with Gasteiger partial charge in [-0.25, -0.2) is 0 Å². The highest BCUT2D eigenvalue weighted by molar-refractivity contribution is 5.43. The van der Waals surface area contributed by atoms with E-state index in [-0.39, 0.29) is 5.92 Å². The lowest BCUT2D eigenvalue weighted by molar-refractivity contribution is 0.134. The fraction of sp³-hybridized carbons (Fsp3) is 0.217. The van der Waals surface area contributed by atoms with Gasteiger partial charge in [-0.1, -0.05) is 84.9 Å². The minimum atomic E-state index is -0.441. The molecule has 3 aromatic carbocycles. The summed E-state index contributed by atoms with van der Waals surface area (Å²) in [6.07, 6.45) is 1.64. The molecule has 3 atom stereocenters. The van der Waals surface area contributed by atoms with Crippen LogP contribution in [-0.2, 0) is 0 Å². The molecule has 4 rings (SSSR count). The largest absolute Gasteiger partial charge is 0.388 e. The number of hydrogen-bond donors (Lipinski definition) is 1. The second-order valence-electron chi connectivity index (χ2n) is 6.63. The molecule has 0 saturated heterocycles. The predicted molar refractivity (Wildman–Crippen MR) is 98.1 cm³/mol. The topological polar surface area (TPSA) is 20.2 Å². The van der Waals surface area contributed by atoms with E-state index in [2.05, 4.69) is 54.6 Å². The van der Waals surface area contributed by atoms with Crippen LogP contribution in [0.5, 0.6) is 0 Å². The van der Waals surface area contributed by atoms with Crippen molar-refractivity contribution in [3.63, 3.8) is 0 Å². The van der Waals surface area contributed by atoms with Crippen molar-refractivity contribution in [1.82, 2.24) is 0 Å². The summed E-state index contributed by atoms with van der Waals surface area (Å²) < 4.78 is 0. The number of aliphatic hydroxyl groups excluding tert-OH is 1. The summed E-state index contributed by atoms with van der Waals surface area (Å²) >= 11 is 0. The molecule has 120 valence electrons. The van der Waals surface area contributed by atoms with Crippen molar-refractivity contribution in [3.05, 3.63) is 107 Å². The van der Waals surface area contributed by atoms with Crippen molar-refractivity contribution in [2.24, 2.45) is 0 Å². The quantitative estimate of drug-likeness (QED) is 0.683. The zero-order valence-corrected chi connectivity index (χ0v) is 13.7. The molecule has 0 saturated carbocycles. The van der Waals surface area contributed by atoms with Crippen LogP contribution in [0.15, 0.2) is 84.9 Å². The second kappa shape index (κ2) is 6.62. The van der Waals surface area contributed by atoms with Gasteiger partial charge in [0.2, 0.25) is 0 Å². The van der Waals surface area contributed by atoms with Gasteiger partial charge >= 0.3 is 0 Å². The van der Waals surface area contributed by atoms with Crippen molar-refractivity contribution in [2.75, 3.05) is 0 Å². The van der Waals surface area contributed by atoms with Crippen LogP contribution in [0.1, 0.15) is 53.0 Å². The van der Waals surface area contributed by atoms with E-state index in [4.69, 9.17) is 0 Å². The Morgan fingerprint density at radius 3 is 1.96 bits per heavy atom. The zero-order valence-electron chi connectivity index (χ0n) is 13.7. The number of hydrogen-bond acceptors (Lipinski definition) is 1. The first kappa shape index (κ1) is 15.2. The summed E-state index contributed by atoms with van der Waals surface area (Å²) in [7, 11) is 0. The van der Waals surface area contributed by atoms with E-state index in [0.29, 0.717) is 5.92 Å². The van der Waals surface area contributed by atoms with E-state index in [1.165, 1.54) is 16.7 Å². The van der Waals surface area contributed by atoms with Gasteiger partial charge in [0.15, 0.2) is 0 Å². The summed E-state index contributed by atoms with van der Waals surface area (Å²) in [6, 6.07) is 29.4. The molecule has 3 unspecified atom stereocenters. The summed E-state index contributed by atoms with van der Waals surface area (Å²) in [5, 5.41) is 10.9. The first-order chi connectivity index (χ1) is 11.8. The fourth-order valence-corrected chi connectivity index (χ4v) is 4.07. The van der Waals surface area contributed by atoms with Crippen molar-refractivity contribution in [3.8, 4) is 0 Å². The van der Waals surface area contributed by atoms with E-state index in [1.54, 1.807) is 0 Å². The molecule has 1 aliphatic carbocycles. The van der Waals surface area contributed by atoms with E-state index in [0.717, 1.165) is 18.4 Å². The molecular weight excluding hydrogens is 292 g/mol. The third-order valence-electron chi connectivity index (χ3n) is 5.26. The number of aliphatic hydroxyl groups is 1. The molecule has 1 N–H and O–H groups in total. The highest BCUT2D eigenvalue weighted by atomic mass is 16.3. The van der Waals surface area contributed by atoms with Crippen LogP contribution < -0.4 is 0 Å². The highest BCUT2D eigenvalue weighted by Crippen LogP contribution is 2.46. The van der Waals surface area contributed by atoms with Gasteiger partial charge in [0.25, 0.3) is 0 Å². The molecule has 1 aliphatic rings. The molecule has 0 aliphatic heterocycles. The predicted octanol–water partition coefficient (Wildman–Crippen LogP) is 5.43. The molecule has 0 fully saturated rings. The van der Waals surface area contributed by atoms with Gasteiger partial charge in [-0.2, -0.15) is 0 Å². The second-order valence-corrected chi connectivity index (χ2v) is 6.63.